The van der Waals surface area contributed by atoms with E-state index in [0.717, 1.165) is 31.7 Å². The van der Waals surface area contributed by atoms with E-state index >= 15 is 0 Å². The van der Waals surface area contributed by atoms with Crippen molar-refractivity contribution in [2.45, 2.75) is 50.7 Å². The summed E-state index contributed by atoms with van der Waals surface area (Å²) in [6, 6.07) is 6.63. The molecule has 0 bridgehead atoms. The van der Waals surface area contributed by atoms with E-state index in [0.29, 0.717) is 0 Å². The molecular weight excluding hydrogens is 357 g/mol. The van der Waals surface area contributed by atoms with Crippen LogP contribution in [0.2, 0.25) is 0 Å². The van der Waals surface area contributed by atoms with Gasteiger partial charge in [-0.1, -0.05) is 37.8 Å². The van der Waals surface area contributed by atoms with Crippen LogP contribution < -0.4 is 10.6 Å². The van der Waals surface area contributed by atoms with Gasteiger partial charge in [0.25, 0.3) is 5.91 Å². The third-order valence-electron chi connectivity index (χ3n) is 4.56. The number of benzene rings is 1. The number of hydrogen-bond acceptors (Lipinski definition) is 4. The molecule has 0 aliphatic heterocycles. The van der Waals surface area contributed by atoms with Gasteiger partial charge >= 0.3 is 6.18 Å². The molecule has 0 unspecified atom stereocenters. The number of nitrogens with one attached hydrogen (secondary N) is 2. The van der Waals surface area contributed by atoms with E-state index in [-0.39, 0.29) is 29.3 Å². The lowest BCUT2D eigenvalue weighted by atomic mass is 10.1. The third-order valence-corrected chi connectivity index (χ3v) is 4.56. The Bertz CT molecular complexity index is 787. The summed E-state index contributed by atoms with van der Waals surface area (Å²) in [5, 5.41) is 5.53. The summed E-state index contributed by atoms with van der Waals surface area (Å²) in [5.41, 5.74) is -0.852. The smallest absolute Gasteiger partial charge is 0.348 e. The van der Waals surface area contributed by atoms with Crippen molar-refractivity contribution < 1.29 is 18.0 Å². The Hall–Kier alpha value is -2.64. The first-order chi connectivity index (χ1) is 12.9. The number of carbonyl (C=O) groups excluding carboxylic acids is 1. The number of nitrogens with zero attached hydrogens (tertiary/aromatic N) is 2. The Balaban J connectivity index is 1.73. The Morgan fingerprint density at radius 3 is 2.44 bits per heavy atom. The second kappa shape index (κ2) is 8.37. The molecule has 1 amide bonds. The highest BCUT2D eigenvalue weighted by atomic mass is 19.4. The molecule has 2 N–H and O–H groups in total. The summed E-state index contributed by atoms with van der Waals surface area (Å²) < 4.78 is 39.3. The fraction of sp³-hybridized carbons (Fsp3) is 0.421. The van der Waals surface area contributed by atoms with Crippen LogP contribution in [0.25, 0.3) is 0 Å². The van der Waals surface area contributed by atoms with Crippen molar-refractivity contribution in [3.8, 4) is 0 Å². The maximum absolute atomic E-state index is 13.1. The van der Waals surface area contributed by atoms with Gasteiger partial charge in [0.15, 0.2) is 0 Å². The van der Waals surface area contributed by atoms with E-state index in [1.807, 2.05) is 0 Å². The molecule has 1 fully saturated rings. The molecule has 27 heavy (non-hydrogen) atoms. The van der Waals surface area contributed by atoms with Crippen LogP contribution in [0.3, 0.4) is 0 Å². The predicted octanol–water partition coefficient (Wildman–Crippen LogP) is 4.69. The molecule has 0 saturated heterocycles. The van der Waals surface area contributed by atoms with Crippen molar-refractivity contribution in [3.05, 3.63) is 47.8 Å². The van der Waals surface area contributed by atoms with Gasteiger partial charge in [0, 0.05) is 12.2 Å². The first-order valence-corrected chi connectivity index (χ1v) is 9.00. The molecule has 1 saturated carbocycles. The predicted molar refractivity (Wildman–Crippen MR) is 95.7 cm³/mol. The van der Waals surface area contributed by atoms with Gasteiger partial charge in [-0.3, -0.25) is 4.79 Å². The maximum Gasteiger partial charge on any atom is 0.418 e. The first-order valence-electron chi connectivity index (χ1n) is 9.00. The van der Waals surface area contributed by atoms with Crippen LogP contribution in [0.1, 0.15) is 54.6 Å². The zero-order valence-corrected chi connectivity index (χ0v) is 14.7. The van der Waals surface area contributed by atoms with Crippen LogP contribution >= 0.6 is 0 Å². The summed E-state index contributed by atoms with van der Waals surface area (Å²) in [6.45, 7) is 0. The van der Waals surface area contributed by atoms with Crippen LogP contribution in [0.5, 0.6) is 0 Å². The maximum atomic E-state index is 13.1. The van der Waals surface area contributed by atoms with E-state index in [9.17, 15) is 18.0 Å². The van der Waals surface area contributed by atoms with Gasteiger partial charge in [-0.25, -0.2) is 9.97 Å². The third kappa shape index (κ3) is 5.18. The number of aromatic nitrogens is 2. The number of amides is 1. The fourth-order valence-electron chi connectivity index (χ4n) is 3.19. The molecule has 5 nitrogen and oxygen atoms in total. The van der Waals surface area contributed by atoms with Gasteiger partial charge in [-0.2, -0.15) is 13.2 Å². The summed E-state index contributed by atoms with van der Waals surface area (Å²) in [5.74, 6) is -0.392. The lowest BCUT2D eigenvalue weighted by molar-refractivity contribution is -0.136. The molecular formula is C19H21F3N4O. The topological polar surface area (TPSA) is 66.9 Å². The monoisotopic (exact) mass is 378 g/mol. The van der Waals surface area contributed by atoms with Crippen LogP contribution in [0, 0.1) is 0 Å². The number of hydrogen-bond donors (Lipinski definition) is 2. The van der Waals surface area contributed by atoms with Crippen LogP contribution in [-0.4, -0.2) is 21.9 Å². The SMILES string of the molecule is O=C(NC1CCCCCC1)c1ccnc(Nc2ccccc2C(F)(F)F)n1. The summed E-state index contributed by atoms with van der Waals surface area (Å²) in [7, 11) is 0. The Morgan fingerprint density at radius 1 is 1.04 bits per heavy atom. The first kappa shape index (κ1) is 19.1. The standard InChI is InChI=1S/C19H21F3N4O/c20-19(21,22)14-9-5-6-10-15(14)25-18-23-12-11-16(26-18)17(27)24-13-7-3-1-2-4-8-13/h5-6,9-13H,1-4,7-8H2,(H,24,27)(H,23,25,26). The second-order valence-electron chi connectivity index (χ2n) is 6.60. The normalized spacial score (nSPS) is 15.8. The van der Waals surface area contributed by atoms with Crippen molar-refractivity contribution in [1.82, 2.24) is 15.3 Å². The van der Waals surface area contributed by atoms with Gasteiger partial charge in [-0.15, -0.1) is 0 Å². The zero-order chi connectivity index (χ0) is 19.3. The summed E-state index contributed by atoms with van der Waals surface area (Å²) >= 11 is 0. The second-order valence-corrected chi connectivity index (χ2v) is 6.60. The van der Waals surface area contributed by atoms with E-state index in [1.54, 1.807) is 0 Å². The van der Waals surface area contributed by atoms with Gasteiger partial charge < -0.3 is 10.6 Å². The number of para-hydroxylation sites is 1. The molecule has 1 aliphatic rings. The molecule has 144 valence electrons. The highest BCUT2D eigenvalue weighted by Crippen LogP contribution is 2.35. The van der Waals surface area contributed by atoms with E-state index in [2.05, 4.69) is 20.6 Å². The lowest BCUT2D eigenvalue weighted by Crippen LogP contribution is -2.35. The highest BCUT2D eigenvalue weighted by molar-refractivity contribution is 5.92. The van der Waals surface area contributed by atoms with Crippen molar-refractivity contribution >= 4 is 17.5 Å². The number of alkyl halides is 3. The molecule has 0 atom stereocenters. The quantitative estimate of drug-likeness (QED) is 0.758. The zero-order valence-electron chi connectivity index (χ0n) is 14.7. The van der Waals surface area contributed by atoms with Crippen LogP contribution in [0.4, 0.5) is 24.8 Å². The molecule has 1 heterocycles. The molecule has 1 aliphatic carbocycles. The van der Waals surface area contributed by atoms with E-state index in [4.69, 9.17) is 0 Å². The molecule has 0 radical (unpaired) electrons. The van der Waals surface area contributed by atoms with Gasteiger partial charge in [0.2, 0.25) is 5.95 Å². The number of carbonyl (C=O) groups is 1. The minimum atomic E-state index is -4.50. The minimum Gasteiger partial charge on any atom is -0.348 e. The number of anilines is 2. The molecule has 2 aromatic rings. The average molecular weight is 378 g/mol. The molecule has 8 heteroatoms. The Labute approximate surface area is 155 Å². The van der Waals surface area contributed by atoms with Crippen LogP contribution in [0.15, 0.2) is 36.5 Å². The summed E-state index contributed by atoms with van der Waals surface area (Å²) in [4.78, 5) is 20.5. The van der Waals surface area contributed by atoms with E-state index in [1.165, 1.54) is 43.3 Å². The molecule has 0 spiro atoms. The molecule has 1 aromatic heterocycles. The highest BCUT2D eigenvalue weighted by Gasteiger charge is 2.33. The average Bonchev–Trinajstić information content (AvgIpc) is 2.90. The van der Waals surface area contributed by atoms with Gasteiger partial charge in [0.05, 0.1) is 11.3 Å². The van der Waals surface area contributed by atoms with Crippen molar-refractivity contribution in [3.63, 3.8) is 0 Å². The van der Waals surface area contributed by atoms with Crippen molar-refractivity contribution in [1.29, 1.82) is 0 Å². The van der Waals surface area contributed by atoms with Crippen molar-refractivity contribution in [2.24, 2.45) is 0 Å². The van der Waals surface area contributed by atoms with Crippen molar-refractivity contribution in [2.75, 3.05) is 5.32 Å². The largest absolute Gasteiger partial charge is 0.418 e. The molecule has 3 rings (SSSR count). The Kier molecular flexibility index (Phi) is 5.93. The molecule has 1 aromatic carbocycles. The van der Waals surface area contributed by atoms with Gasteiger partial charge in [-0.05, 0) is 31.0 Å². The van der Waals surface area contributed by atoms with Crippen LogP contribution in [-0.2, 0) is 6.18 Å². The lowest BCUT2D eigenvalue weighted by Gasteiger charge is -2.16. The minimum absolute atomic E-state index is 0.0554. The van der Waals surface area contributed by atoms with Gasteiger partial charge in [0.1, 0.15) is 5.69 Å². The number of rotatable bonds is 4. The fourth-order valence-corrected chi connectivity index (χ4v) is 3.19. The Morgan fingerprint density at radius 2 is 1.74 bits per heavy atom. The van der Waals surface area contributed by atoms with E-state index < -0.39 is 11.7 Å². The summed E-state index contributed by atoms with van der Waals surface area (Å²) in [6.07, 6.45) is 3.22. The number of halogens is 3.